The molecule has 4 rings (SSSR count). The zero-order valence-corrected chi connectivity index (χ0v) is 17.9. The van der Waals surface area contributed by atoms with Crippen molar-refractivity contribution in [2.24, 2.45) is 0 Å². The average Bonchev–Trinajstić information content (AvgIpc) is 3.24. The number of hydrogen-bond acceptors (Lipinski definition) is 5. The molecule has 1 amide bonds. The van der Waals surface area contributed by atoms with Gasteiger partial charge in [-0.15, -0.1) is 5.10 Å². The van der Waals surface area contributed by atoms with Crippen LogP contribution in [0.15, 0.2) is 66.9 Å². The first-order chi connectivity index (χ1) is 15.1. The van der Waals surface area contributed by atoms with E-state index in [0.717, 1.165) is 30.1 Å². The second-order valence-corrected chi connectivity index (χ2v) is 7.62. The Morgan fingerprint density at radius 2 is 1.97 bits per heavy atom. The van der Waals surface area contributed by atoms with Crippen molar-refractivity contribution in [1.29, 1.82) is 0 Å². The van der Waals surface area contributed by atoms with Crippen molar-refractivity contribution in [1.82, 2.24) is 19.9 Å². The van der Waals surface area contributed by atoms with Gasteiger partial charge in [0.15, 0.2) is 0 Å². The SMILES string of the molecule is CCN1C[C@@H](CN(C)C(=O)/C=C/c2cn(Cc3ccccc3)nn2)Oc2ccccc21. The molecule has 1 aliphatic heterocycles. The van der Waals surface area contributed by atoms with Gasteiger partial charge in [-0.1, -0.05) is 47.7 Å². The Bertz CT molecular complexity index is 1050. The second kappa shape index (κ2) is 9.47. The van der Waals surface area contributed by atoms with E-state index in [2.05, 4.69) is 28.2 Å². The summed E-state index contributed by atoms with van der Waals surface area (Å²) in [7, 11) is 1.79. The van der Waals surface area contributed by atoms with E-state index < -0.39 is 0 Å². The standard InChI is InChI=1S/C24H27N5O2/c1-3-28-18-21(31-23-12-8-7-11-22(23)28)17-27(2)24(30)14-13-20-16-29(26-25-20)15-19-9-5-4-6-10-19/h4-14,16,21H,3,15,17-18H2,1-2H3/b14-13+/t21-/m1/s1. The molecule has 160 valence electrons. The van der Waals surface area contributed by atoms with Crippen LogP contribution in [-0.2, 0) is 11.3 Å². The number of carbonyl (C=O) groups is 1. The molecule has 0 spiro atoms. The molecule has 0 unspecified atom stereocenters. The summed E-state index contributed by atoms with van der Waals surface area (Å²) < 4.78 is 7.88. The van der Waals surface area contributed by atoms with E-state index in [-0.39, 0.29) is 12.0 Å². The van der Waals surface area contributed by atoms with E-state index in [9.17, 15) is 4.79 Å². The number of fused-ring (bicyclic) bond motifs is 1. The minimum Gasteiger partial charge on any atom is -0.485 e. The van der Waals surface area contributed by atoms with Crippen molar-refractivity contribution in [3.8, 4) is 5.75 Å². The van der Waals surface area contributed by atoms with Crippen LogP contribution in [0.3, 0.4) is 0 Å². The lowest BCUT2D eigenvalue weighted by Gasteiger charge is -2.37. The van der Waals surface area contributed by atoms with Crippen molar-refractivity contribution in [2.75, 3.05) is 31.6 Å². The van der Waals surface area contributed by atoms with E-state index in [0.29, 0.717) is 18.8 Å². The number of amides is 1. The number of para-hydroxylation sites is 2. The van der Waals surface area contributed by atoms with Crippen LogP contribution in [0.4, 0.5) is 5.69 Å². The summed E-state index contributed by atoms with van der Waals surface area (Å²) in [5.74, 6) is 0.773. The fraction of sp³-hybridized carbons (Fsp3) is 0.292. The molecule has 0 aliphatic carbocycles. The maximum Gasteiger partial charge on any atom is 0.246 e. The Hall–Kier alpha value is -3.61. The fourth-order valence-corrected chi connectivity index (χ4v) is 3.69. The van der Waals surface area contributed by atoms with Crippen molar-refractivity contribution in [2.45, 2.75) is 19.6 Å². The monoisotopic (exact) mass is 417 g/mol. The van der Waals surface area contributed by atoms with E-state index in [1.165, 1.54) is 6.08 Å². The molecule has 0 N–H and O–H groups in total. The van der Waals surface area contributed by atoms with Crippen LogP contribution >= 0.6 is 0 Å². The van der Waals surface area contributed by atoms with Crippen LogP contribution in [0.1, 0.15) is 18.2 Å². The van der Waals surface area contributed by atoms with E-state index in [1.807, 2.05) is 54.7 Å². The Morgan fingerprint density at radius 1 is 1.19 bits per heavy atom. The molecule has 1 atom stereocenters. The van der Waals surface area contributed by atoms with E-state index in [4.69, 9.17) is 4.74 Å². The Morgan fingerprint density at radius 3 is 2.77 bits per heavy atom. The molecule has 7 nitrogen and oxygen atoms in total. The van der Waals surface area contributed by atoms with Gasteiger partial charge in [-0.2, -0.15) is 0 Å². The molecule has 0 saturated heterocycles. The second-order valence-electron chi connectivity index (χ2n) is 7.62. The number of hydrogen-bond donors (Lipinski definition) is 0. The third-order valence-corrected chi connectivity index (χ3v) is 5.30. The number of aromatic nitrogens is 3. The molecule has 1 aromatic heterocycles. The van der Waals surface area contributed by atoms with Gasteiger partial charge in [-0.3, -0.25) is 4.79 Å². The lowest BCUT2D eigenvalue weighted by Crippen LogP contribution is -2.46. The molecule has 2 aromatic carbocycles. The van der Waals surface area contributed by atoms with Gasteiger partial charge in [-0.05, 0) is 30.7 Å². The molecule has 31 heavy (non-hydrogen) atoms. The van der Waals surface area contributed by atoms with Gasteiger partial charge in [0.25, 0.3) is 0 Å². The van der Waals surface area contributed by atoms with Crippen LogP contribution in [0.5, 0.6) is 5.75 Å². The van der Waals surface area contributed by atoms with Crippen molar-refractivity contribution < 1.29 is 9.53 Å². The highest BCUT2D eigenvalue weighted by Crippen LogP contribution is 2.32. The molecular weight excluding hydrogens is 390 g/mol. The van der Waals surface area contributed by atoms with Crippen molar-refractivity contribution in [3.05, 3.63) is 78.1 Å². The summed E-state index contributed by atoms with van der Waals surface area (Å²) in [6.07, 6.45) is 4.98. The van der Waals surface area contributed by atoms with Crippen LogP contribution in [0.25, 0.3) is 6.08 Å². The van der Waals surface area contributed by atoms with E-state index >= 15 is 0 Å². The number of carbonyl (C=O) groups excluding carboxylic acids is 1. The summed E-state index contributed by atoms with van der Waals surface area (Å²) in [5, 5.41) is 8.26. The van der Waals surface area contributed by atoms with Crippen LogP contribution in [0.2, 0.25) is 0 Å². The number of likely N-dealkylation sites (N-methyl/N-ethyl adjacent to an activating group) is 2. The van der Waals surface area contributed by atoms with Gasteiger partial charge in [0, 0.05) is 19.7 Å². The summed E-state index contributed by atoms with van der Waals surface area (Å²) >= 11 is 0. The van der Waals surface area contributed by atoms with Gasteiger partial charge in [0.2, 0.25) is 5.91 Å². The van der Waals surface area contributed by atoms with Crippen molar-refractivity contribution >= 4 is 17.7 Å². The van der Waals surface area contributed by atoms with E-state index in [1.54, 1.807) is 22.7 Å². The molecule has 1 aliphatic rings. The van der Waals surface area contributed by atoms with Gasteiger partial charge in [0.1, 0.15) is 17.5 Å². The predicted octanol–water partition coefficient (Wildman–Crippen LogP) is 3.09. The third-order valence-electron chi connectivity index (χ3n) is 5.30. The molecule has 0 fully saturated rings. The molecule has 3 aromatic rings. The minimum absolute atomic E-state index is 0.0797. The summed E-state index contributed by atoms with van der Waals surface area (Å²) in [6, 6.07) is 18.1. The third kappa shape index (κ3) is 5.12. The van der Waals surface area contributed by atoms with Crippen molar-refractivity contribution in [3.63, 3.8) is 0 Å². The highest BCUT2D eigenvalue weighted by Gasteiger charge is 2.26. The normalized spacial score (nSPS) is 15.5. The molecule has 2 heterocycles. The Balaban J connectivity index is 1.33. The smallest absolute Gasteiger partial charge is 0.246 e. The van der Waals surface area contributed by atoms with Gasteiger partial charge in [-0.25, -0.2) is 4.68 Å². The summed E-state index contributed by atoms with van der Waals surface area (Å²) in [6.45, 7) is 4.93. The van der Waals surface area contributed by atoms with Gasteiger partial charge < -0.3 is 14.5 Å². The van der Waals surface area contributed by atoms with Gasteiger partial charge in [0.05, 0.1) is 31.5 Å². The molecule has 7 heteroatoms. The maximum absolute atomic E-state index is 12.6. The Kier molecular flexibility index (Phi) is 6.31. The predicted molar refractivity (Wildman–Crippen MR) is 121 cm³/mol. The van der Waals surface area contributed by atoms with Crippen LogP contribution in [0, 0.1) is 0 Å². The highest BCUT2D eigenvalue weighted by molar-refractivity contribution is 5.91. The lowest BCUT2D eigenvalue weighted by molar-refractivity contribution is -0.125. The van der Waals surface area contributed by atoms with Gasteiger partial charge >= 0.3 is 0 Å². The number of rotatable bonds is 7. The molecule has 0 saturated carbocycles. The number of ether oxygens (including phenoxy) is 1. The lowest BCUT2D eigenvalue weighted by atomic mass is 10.2. The first-order valence-electron chi connectivity index (χ1n) is 10.5. The average molecular weight is 418 g/mol. The zero-order chi connectivity index (χ0) is 21.6. The summed E-state index contributed by atoms with van der Waals surface area (Å²) in [4.78, 5) is 16.6. The number of anilines is 1. The molecular formula is C24H27N5O2. The fourth-order valence-electron chi connectivity index (χ4n) is 3.69. The number of nitrogens with zero attached hydrogens (tertiary/aromatic N) is 5. The highest BCUT2D eigenvalue weighted by atomic mass is 16.5. The summed E-state index contributed by atoms with van der Waals surface area (Å²) in [5.41, 5.74) is 2.90. The van der Waals surface area contributed by atoms with Crippen LogP contribution < -0.4 is 9.64 Å². The number of benzene rings is 2. The Labute approximate surface area is 182 Å². The first-order valence-corrected chi connectivity index (χ1v) is 10.5. The quantitative estimate of drug-likeness (QED) is 0.553. The molecule has 0 bridgehead atoms. The maximum atomic E-state index is 12.6. The largest absolute Gasteiger partial charge is 0.485 e. The zero-order valence-electron chi connectivity index (χ0n) is 17.9. The topological polar surface area (TPSA) is 63.5 Å². The molecule has 0 radical (unpaired) electrons. The minimum atomic E-state index is -0.0943. The van der Waals surface area contributed by atoms with Crippen LogP contribution in [-0.4, -0.2) is 58.6 Å². The first kappa shape index (κ1) is 20.7.